The molecule has 0 saturated carbocycles. The van der Waals surface area contributed by atoms with Crippen LogP contribution in [0, 0.1) is 0 Å². The summed E-state index contributed by atoms with van der Waals surface area (Å²) in [6.07, 6.45) is 6.90. The Morgan fingerprint density at radius 3 is 2.77 bits per heavy atom. The summed E-state index contributed by atoms with van der Waals surface area (Å²) >= 11 is 0. The third kappa shape index (κ3) is 3.66. The molecule has 152 valence electrons. The largest absolute Gasteiger partial charge is 0.361 e. The summed E-state index contributed by atoms with van der Waals surface area (Å²) < 4.78 is 0. The number of anilines is 1. The SMILES string of the molecule is O=C(CCc1c[nH]c2ccccc12)N1CCN(c2cc(-c3cccnc3)[nH]n2)CC1. The number of nitrogens with one attached hydrogen (secondary N) is 2. The van der Waals surface area contributed by atoms with Gasteiger partial charge in [0.2, 0.25) is 5.91 Å². The maximum Gasteiger partial charge on any atom is 0.223 e. The molecule has 1 fully saturated rings. The second-order valence-electron chi connectivity index (χ2n) is 7.61. The number of H-pyrrole nitrogens is 2. The fraction of sp³-hybridized carbons (Fsp3) is 0.261. The minimum absolute atomic E-state index is 0.220. The number of hydrogen-bond acceptors (Lipinski definition) is 4. The summed E-state index contributed by atoms with van der Waals surface area (Å²) in [6.45, 7) is 3.02. The van der Waals surface area contributed by atoms with Crippen LogP contribution in [-0.4, -0.2) is 57.2 Å². The highest BCUT2D eigenvalue weighted by Gasteiger charge is 2.22. The Labute approximate surface area is 174 Å². The highest BCUT2D eigenvalue weighted by molar-refractivity contribution is 5.84. The topological polar surface area (TPSA) is 80.9 Å². The highest BCUT2D eigenvalue weighted by Crippen LogP contribution is 2.23. The third-order valence-electron chi connectivity index (χ3n) is 5.78. The standard InChI is InChI=1S/C23H24N6O/c30-23(8-7-17-16-25-20-6-2-1-5-19(17)20)29-12-10-28(11-13-29)22-14-21(26-27-22)18-4-3-9-24-15-18/h1-6,9,14-16,25H,7-8,10-13H2,(H,26,27). The van der Waals surface area contributed by atoms with Gasteiger partial charge in [-0.05, 0) is 30.2 Å². The second-order valence-corrected chi connectivity index (χ2v) is 7.61. The fourth-order valence-electron chi connectivity index (χ4n) is 4.07. The van der Waals surface area contributed by atoms with Crippen molar-refractivity contribution in [3.63, 3.8) is 0 Å². The summed E-state index contributed by atoms with van der Waals surface area (Å²) in [4.78, 5) is 24.4. The van der Waals surface area contributed by atoms with Crippen molar-refractivity contribution < 1.29 is 4.79 Å². The molecule has 2 N–H and O–H groups in total. The number of piperazine rings is 1. The summed E-state index contributed by atoms with van der Waals surface area (Å²) in [5, 5.41) is 8.75. The molecule has 1 amide bonds. The molecule has 0 unspecified atom stereocenters. The van der Waals surface area contributed by atoms with Crippen LogP contribution in [0.1, 0.15) is 12.0 Å². The van der Waals surface area contributed by atoms with Crippen LogP contribution in [0.2, 0.25) is 0 Å². The van der Waals surface area contributed by atoms with E-state index in [1.165, 1.54) is 10.9 Å². The van der Waals surface area contributed by atoms with Gasteiger partial charge in [0.25, 0.3) is 0 Å². The molecule has 1 aliphatic heterocycles. The number of para-hydroxylation sites is 1. The van der Waals surface area contributed by atoms with Crippen molar-refractivity contribution in [3.8, 4) is 11.3 Å². The number of aromatic nitrogens is 4. The first-order valence-electron chi connectivity index (χ1n) is 10.3. The molecule has 0 bridgehead atoms. The van der Waals surface area contributed by atoms with E-state index >= 15 is 0 Å². The van der Waals surface area contributed by atoms with E-state index in [-0.39, 0.29) is 5.91 Å². The lowest BCUT2D eigenvalue weighted by Gasteiger charge is -2.34. The Balaban J connectivity index is 1.16. The van der Waals surface area contributed by atoms with Crippen molar-refractivity contribution >= 4 is 22.6 Å². The predicted octanol–water partition coefficient (Wildman–Crippen LogP) is 3.23. The average molecular weight is 400 g/mol. The number of carbonyl (C=O) groups excluding carboxylic acids is 1. The van der Waals surface area contributed by atoms with Gasteiger partial charge in [-0.15, -0.1) is 0 Å². The lowest BCUT2D eigenvalue weighted by molar-refractivity contribution is -0.131. The molecule has 7 nitrogen and oxygen atoms in total. The third-order valence-corrected chi connectivity index (χ3v) is 5.78. The number of carbonyl (C=O) groups is 1. The molecule has 30 heavy (non-hydrogen) atoms. The molecule has 4 heterocycles. The zero-order valence-corrected chi connectivity index (χ0v) is 16.7. The Bertz CT molecular complexity index is 1140. The van der Waals surface area contributed by atoms with Crippen LogP contribution < -0.4 is 4.90 Å². The molecular formula is C23H24N6O. The lowest BCUT2D eigenvalue weighted by atomic mass is 10.1. The zero-order chi connectivity index (χ0) is 20.3. The van der Waals surface area contributed by atoms with Crippen molar-refractivity contribution in [1.29, 1.82) is 0 Å². The van der Waals surface area contributed by atoms with Crippen LogP contribution in [0.15, 0.2) is 61.1 Å². The Hall–Kier alpha value is -3.61. The van der Waals surface area contributed by atoms with Gasteiger partial charge in [0.05, 0.1) is 5.69 Å². The minimum Gasteiger partial charge on any atom is -0.361 e. The van der Waals surface area contributed by atoms with E-state index in [4.69, 9.17) is 0 Å². The van der Waals surface area contributed by atoms with Gasteiger partial charge in [0, 0.05) is 73.7 Å². The van der Waals surface area contributed by atoms with Crippen molar-refractivity contribution in [1.82, 2.24) is 25.1 Å². The van der Waals surface area contributed by atoms with E-state index in [2.05, 4.69) is 37.2 Å². The summed E-state index contributed by atoms with van der Waals surface area (Å²) in [6, 6.07) is 14.2. The molecule has 7 heteroatoms. The monoisotopic (exact) mass is 400 g/mol. The minimum atomic E-state index is 0.220. The van der Waals surface area contributed by atoms with Gasteiger partial charge in [-0.25, -0.2) is 0 Å². The van der Waals surface area contributed by atoms with Crippen molar-refractivity contribution in [2.45, 2.75) is 12.8 Å². The van der Waals surface area contributed by atoms with E-state index in [9.17, 15) is 4.79 Å². The molecule has 0 spiro atoms. The first-order chi connectivity index (χ1) is 14.8. The van der Waals surface area contributed by atoms with Crippen LogP contribution in [0.4, 0.5) is 5.82 Å². The van der Waals surface area contributed by atoms with Gasteiger partial charge < -0.3 is 14.8 Å². The van der Waals surface area contributed by atoms with Gasteiger partial charge in [0.1, 0.15) is 0 Å². The maximum atomic E-state index is 12.7. The normalized spacial score (nSPS) is 14.4. The molecule has 3 aromatic heterocycles. The molecule has 1 aliphatic rings. The number of amides is 1. The van der Waals surface area contributed by atoms with Crippen molar-refractivity contribution in [2.75, 3.05) is 31.1 Å². The number of aryl methyl sites for hydroxylation is 1. The van der Waals surface area contributed by atoms with Crippen molar-refractivity contribution in [3.05, 3.63) is 66.6 Å². The van der Waals surface area contributed by atoms with Crippen LogP contribution in [0.5, 0.6) is 0 Å². The maximum absolute atomic E-state index is 12.7. The van der Waals surface area contributed by atoms with Crippen LogP contribution in [0.3, 0.4) is 0 Å². The van der Waals surface area contributed by atoms with E-state index in [1.807, 2.05) is 47.6 Å². The number of hydrogen-bond donors (Lipinski definition) is 2. The number of benzene rings is 1. The van der Waals surface area contributed by atoms with Gasteiger partial charge in [-0.3, -0.25) is 14.9 Å². The van der Waals surface area contributed by atoms with Crippen LogP contribution in [0.25, 0.3) is 22.2 Å². The van der Waals surface area contributed by atoms with Gasteiger partial charge >= 0.3 is 0 Å². The fourth-order valence-corrected chi connectivity index (χ4v) is 4.07. The quantitative estimate of drug-likeness (QED) is 0.539. The summed E-state index contributed by atoms with van der Waals surface area (Å²) in [5.41, 5.74) is 4.30. The molecular weight excluding hydrogens is 376 g/mol. The number of aromatic amines is 2. The van der Waals surface area contributed by atoms with Crippen molar-refractivity contribution in [2.24, 2.45) is 0 Å². The number of pyridine rings is 1. The molecule has 4 aromatic rings. The molecule has 1 saturated heterocycles. The highest BCUT2D eigenvalue weighted by atomic mass is 16.2. The molecule has 1 aromatic carbocycles. The van der Waals surface area contributed by atoms with Gasteiger partial charge in [-0.1, -0.05) is 18.2 Å². The Morgan fingerprint density at radius 2 is 1.93 bits per heavy atom. The van der Waals surface area contributed by atoms with E-state index in [1.54, 1.807) is 6.20 Å². The molecule has 5 rings (SSSR count). The van der Waals surface area contributed by atoms with E-state index < -0.39 is 0 Å². The van der Waals surface area contributed by atoms with E-state index in [0.29, 0.717) is 6.42 Å². The average Bonchev–Trinajstić information content (AvgIpc) is 3.46. The zero-order valence-electron chi connectivity index (χ0n) is 16.7. The lowest BCUT2D eigenvalue weighted by Crippen LogP contribution is -2.49. The number of nitrogens with zero attached hydrogens (tertiary/aromatic N) is 4. The summed E-state index contributed by atoms with van der Waals surface area (Å²) in [5.74, 6) is 1.14. The Morgan fingerprint density at radius 1 is 1.07 bits per heavy atom. The second kappa shape index (κ2) is 8.02. The first-order valence-corrected chi connectivity index (χ1v) is 10.3. The van der Waals surface area contributed by atoms with E-state index in [0.717, 1.165) is 55.2 Å². The first kappa shape index (κ1) is 18.4. The smallest absolute Gasteiger partial charge is 0.223 e. The Kier molecular flexibility index (Phi) is 4.93. The van der Waals surface area contributed by atoms with Crippen LogP contribution >= 0.6 is 0 Å². The molecule has 0 atom stereocenters. The number of fused-ring (bicyclic) bond motifs is 1. The molecule has 0 aliphatic carbocycles. The number of rotatable bonds is 5. The molecule has 0 radical (unpaired) electrons. The summed E-state index contributed by atoms with van der Waals surface area (Å²) in [7, 11) is 0. The predicted molar refractivity (Wildman–Crippen MR) is 117 cm³/mol. The van der Waals surface area contributed by atoms with Gasteiger partial charge in [0.15, 0.2) is 5.82 Å². The van der Waals surface area contributed by atoms with Crippen LogP contribution in [-0.2, 0) is 11.2 Å². The van der Waals surface area contributed by atoms with Gasteiger partial charge in [-0.2, -0.15) is 5.10 Å².